The molecular formula is C19H28N2O5. The van der Waals surface area contributed by atoms with Gasteiger partial charge in [-0.25, -0.2) is 0 Å². The molecule has 0 bridgehead atoms. The molecule has 0 aliphatic carbocycles. The van der Waals surface area contributed by atoms with E-state index in [9.17, 15) is 9.59 Å². The summed E-state index contributed by atoms with van der Waals surface area (Å²) in [7, 11) is 1.61. The van der Waals surface area contributed by atoms with E-state index in [1.165, 1.54) is 6.92 Å². The number of benzene rings is 1. The van der Waals surface area contributed by atoms with Crippen LogP contribution in [0.4, 0.5) is 0 Å². The third-order valence-corrected chi connectivity index (χ3v) is 4.25. The van der Waals surface area contributed by atoms with Crippen LogP contribution in [0.3, 0.4) is 0 Å². The third kappa shape index (κ3) is 6.92. The number of nitrogens with zero attached hydrogens (tertiary/aromatic N) is 1. The molecule has 2 rings (SSSR count). The molecule has 0 radical (unpaired) electrons. The summed E-state index contributed by atoms with van der Waals surface area (Å²) in [6.45, 7) is 4.03. The molecule has 1 atom stereocenters. The number of hydrogen-bond acceptors (Lipinski definition) is 5. The highest BCUT2D eigenvalue weighted by molar-refractivity contribution is 5.78. The fraction of sp³-hybridized carbons (Fsp3) is 0.579. The van der Waals surface area contributed by atoms with Gasteiger partial charge < -0.3 is 24.4 Å². The summed E-state index contributed by atoms with van der Waals surface area (Å²) in [6.07, 6.45) is 2.37. The third-order valence-electron chi connectivity index (χ3n) is 4.25. The summed E-state index contributed by atoms with van der Waals surface area (Å²) in [4.78, 5) is 25.4. The molecule has 7 heteroatoms. The smallest absolute Gasteiger partial charge is 0.221 e. The van der Waals surface area contributed by atoms with Crippen molar-refractivity contribution < 1.29 is 23.8 Å². The standard InChI is InChI=1S/C19H28N2O5/c1-15(22)21(14-18-4-3-12-25-18)11-9-19(23)20-10-13-26-17-7-5-16(24-2)6-8-17/h5-8,18H,3-4,9-14H2,1-2H3,(H,20,23). The lowest BCUT2D eigenvalue weighted by atomic mass is 10.2. The van der Waals surface area contributed by atoms with E-state index in [-0.39, 0.29) is 24.3 Å². The molecular weight excluding hydrogens is 336 g/mol. The van der Waals surface area contributed by atoms with Gasteiger partial charge in [0, 0.05) is 33.0 Å². The van der Waals surface area contributed by atoms with Crippen LogP contribution in [-0.2, 0) is 14.3 Å². The topological polar surface area (TPSA) is 77.1 Å². The Morgan fingerprint density at radius 2 is 2.00 bits per heavy atom. The summed E-state index contributed by atoms with van der Waals surface area (Å²) in [5.41, 5.74) is 0. The van der Waals surface area contributed by atoms with E-state index in [2.05, 4.69) is 5.32 Å². The van der Waals surface area contributed by atoms with Crippen LogP contribution in [-0.4, -0.2) is 62.8 Å². The van der Waals surface area contributed by atoms with Gasteiger partial charge in [-0.3, -0.25) is 9.59 Å². The number of hydrogen-bond donors (Lipinski definition) is 1. The second kappa shape index (κ2) is 10.7. The van der Waals surface area contributed by atoms with Gasteiger partial charge in [-0.2, -0.15) is 0 Å². The fourth-order valence-electron chi connectivity index (χ4n) is 2.77. The van der Waals surface area contributed by atoms with Crippen LogP contribution in [0.1, 0.15) is 26.2 Å². The monoisotopic (exact) mass is 364 g/mol. The van der Waals surface area contributed by atoms with Gasteiger partial charge >= 0.3 is 0 Å². The first kappa shape index (κ1) is 20.0. The van der Waals surface area contributed by atoms with Crippen molar-refractivity contribution >= 4 is 11.8 Å². The zero-order valence-corrected chi connectivity index (χ0v) is 15.5. The second-order valence-corrected chi connectivity index (χ2v) is 6.22. The van der Waals surface area contributed by atoms with E-state index in [0.29, 0.717) is 26.2 Å². The van der Waals surface area contributed by atoms with Crippen molar-refractivity contribution in [1.29, 1.82) is 0 Å². The first-order valence-electron chi connectivity index (χ1n) is 8.99. The van der Waals surface area contributed by atoms with Crippen molar-refractivity contribution in [3.05, 3.63) is 24.3 Å². The molecule has 1 N–H and O–H groups in total. The maximum Gasteiger partial charge on any atom is 0.221 e. The van der Waals surface area contributed by atoms with E-state index < -0.39 is 0 Å². The molecule has 1 aromatic carbocycles. The van der Waals surface area contributed by atoms with Gasteiger partial charge in [-0.1, -0.05) is 0 Å². The van der Waals surface area contributed by atoms with Gasteiger partial charge in [0.2, 0.25) is 11.8 Å². The van der Waals surface area contributed by atoms with Crippen molar-refractivity contribution in [1.82, 2.24) is 10.2 Å². The van der Waals surface area contributed by atoms with Gasteiger partial charge in [-0.15, -0.1) is 0 Å². The molecule has 0 saturated carbocycles. The van der Waals surface area contributed by atoms with Crippen LogP contribution in [0.2, 0.25) is 0 Å². The average molecular weight is 364 g/mol. The molecule has 1 heterocycles. The lowest BCUT2D eigenvalue weighted by Crippen LogP contribution is -2.39. The first-order chi connectivity index (χ1) is 12.6. The Kier molecular flexibility index (Phi) is 8.21. The van der Waals surface area contributed by atoms with E-state index in [4.69, 9.17) is 14.2 Å². The number of nitrogens with one attached hydrogen (secondary N) is 1. The predicted molar refractivity (Wildman–Crippen MR) is 97.3 cm³/mol. The second-order valence-electron chi connectivity index (χ2n) is 6.22. The molecule has 1 fully saturated rings. The Hall–Kier alpha value is -2.28. The Bertz CT molecular complexity index is 570. The number of rotatable bonds is 10. The number of methoxy groups -OCH3 is 1. The van der Waals surface area contributed by atoms with Crippen molar-refractivity contribution in [2.75, 3.05) is 40.0 Å². The van der Waals surface area contributed by atoms with E-state index >= 15 is 0 Å². The van der Waals surface area contributed by atoms with E-state index in [0.717, 1.165) is 30.9 Å². The van der Waals surface area contributed by atoms with Crippen molar-refractivity contribution in [2.24, 2.45) is 0 Å². The van der Waals surface area contributed by atoms with Crippen LogP contribution in [0.25, 0.3) is 0 Å². The summed E-state index contributed by atoms with van der Waals surface area (Å²) < 4.78 is 16.2. The molecule has 0 aromatic heterocycles. The van der Waals surface area contributed by atoms with E-state index in [1.807, 2.05) is 24.3 Å². The average Bonchev–Trinajstić information content (AvgIpc) is 3.15. The molecule has 7 nitrogen and oxygen atoms in total. The predicted octanol–water partition coefficient (Wildman–Crippen LogP) is 1.61. The molecule has 1 aromatic rings. The molecule has 26 heavy (non-hydrogen) atoms. The first-order valence-corrected chi connectivity index (χ1v) is 8.99. The molecule has 1 unspecified atom stereocenters. The molecule has 1 aliphatic heterocycles. The number of amides is 2. The summed E-state index contributed by atoms with van der Waals surface area (Å²) in [5.74, 6) is 1.36. The van der Waals surface area contributed by atoms with Crippen molar-refractivity contribution in [3.8, 4) is 11.5 Å². The highest BCUT2D eigenvalue weighted by Crippen LogP contribution is 2.16. The highest BCUT2D eigenvalue weighted by Gasteiger charge is 2.21. The minimum absolute atomic E-state index is 0.0314. The molecule has 2 amide bonds. The van der Waals surface area contributed by atoms with Gasteiger partial charge in [0.05, 0.1) is 19.8 Å². The summed E-state index contributed by atoms with van der Waals surface area (Å²) >= 11 is 0. The number of ether oxygens (including phenoxy) is 3. The highest BCUT2D eigenvalue weighted by atomic mass is 16.5. The van der Waals surface area contributed by atoms with Gasteiger partial charge in [0.1, 0.15) is 18.1 Å². The van der Waals surface area contributed by atoms with Gasteiger partial charge in [-0.05, 0) is 37.1 Å². The Morgan fingerprint density at radius 1 is 1.27 bits per heavy atom. The number of carbonyl (C=O) groups excluding carboxylic acids is 2. The maximum atomic E-state index is 11.9. The Labute approximate surface area is 154 Å². The van der Waals surface area contributed by atoms with Crippen molar-refractivity contribution in [2.45, 2.75) is 32.3 Å². The zero-order valence-electron chi connectivity index (χ0n) is 15.5. The quantitative estimate of drug-likeness (QED) is 0.638. The molecule has 0 spiro atoms. The van der Waals surface area contributed by atoms with Crippen molar-refractivity contribution in [3.63, 3.8) is 0 Å². The minimum atomic E-state index is -0.0954. The summed E-state index contributed by atoms with van der Waals surface area (Å²) in [5, 5.41) is 2.81. The van der Waals surface area contributed by atoms with Crippen LogP contribution in [0.15, 0.2) is 24.3 Å². The van der Waals surface area contributed by atoms with E-state index in [1.54, 1.807) is 12.0 Å². The lowest BCUT2D eigenvalue weighted by molar-refractivity contribution is -0.131. The van der Waals surface area contributed by atoms with Crippen LogP contribution in [0, 0.1) is 0 Å². The lowest BCUT2D eigenvalue weighted by Gasteiger charge is -2.23. The molecule has 1 aliphatic rings. The van der Waals surface area contributed by atoms with Crippen LogP contribution < -0.4 is 14.8 Å². The number of carbonyl (C=O) groups is 2. The maximum absolute atomic E-state index is 11.9. The largest absolute Gasteiger partial charge is 0.497 e. The minimum Gasteiger partial charge on any atom is -0.497 e. The van der Waals surface area contributed by atoms with Gasteiger partial charge in [0.25, 0.3) is 0 Å². The zero-order chi connectivity index (χ0) is 18.8. The molecule has 1 saturated heterocycles. The summed E-state index contributed by atoms with van der Waals surface area (Å²) in [6, 6.07) is 7.27. The Balaban J connectivity index is 1.61. The normalized spacial score (nSPS) is 16.2. The fourth-order valence-corrected chi connectivity index (χ4v) is 2.77. The van der Waals surface area contributed by atoms with Gasteiger partial charge in [0.15, 0.2) is 0 Å². The van der Waals surface area contributed by atoms with Crippen LogP contribution >= 0.6 is 0 Å². The Morgan fingerprint density at radius 3 is 2.62 bits per heavy atom. The SMILES string of the molecule is COc1ccc(OCCNC(=O)CCN(CC2CCCO2)C(C)=O)cc1. The molecule has 144 valence electrons. The van der Waals surface area contributed by atoms with Crippen LogP contribution in [0.5, 0.6) is 11.5 Å².